The number of para-hydroxylation sites is 1. The maximum absolute atomic E-state index is 12.9. The molecule has 0 radical (unpaired) electrons. The number of carbonyl (C=O) groups excluding carboxylic acids is 1. The van der Waals surface area contributed by atoms with Crippen LogP contribution in [0.5, 0.6) is 5.75 Å². The fourth-order valence-electron chi connectivity index (χ4n) is 4.26. The van der Waals surface area contributed by atoms with Crippen LogP contribution >= 0.6 is 0 Å². The van der Waals surface area contributed by atoms with Crippen LogP contribution < -0.4 is 10.1 Å². The van der Waals surface area contributed by atoms with Gasteiger partial charge in [0.2, 0.25) is 0 Å². The lowest BCUT2D eigenvalue weighted by atomic mass is 9.95. The minimum Gasteiger partial charge on any atom is -0.496 e. The number of nitrogens with one attached hydrogen (secondary N) is 1. The van der Waals surface area contributed by atoms with Crippen molar-refractivity contribution in [2.45, 2.75) is 44.7 Å². The standard InChI is InChI=1S/C27H28N4O2/c1-33-25-15-9-8-14-24(25)26-22(19-31(30-26)18-20-10-4-2-5-11-20)16-21(17-28)27(32)29-23-12-6-3-7-13-23/h2,4-5,8-11,14-16,19,23H,3,6-7,12-13,18H2,1H3,(H,29,32)/b21-16+. The van der Waals surface area contributed by atoms with Gasteiger partial charge in [-0.15, -0.1) is 0 Å². The van der Waals surface area contributed by atoms with Crippen molar-refractivity contribution in [3.8, 4) is 23.1 Å². The number of hydrogen-bond acceptors (Lipinski definition) is 4. The van der Waals surface area contributed by atoms with Crippen LogP contribution in [0.2, 0.25) is 0 Å². The van der Waals surface area contributed by atoms with Crippen LogP contribution in [-0.4, -0.2) is 28.8 Å². The molecule has 33 heavy (non-hydrogen) atoms. The van der Waals surface area contributed by atoms with E-state index >= 15 is 0 Å². The molecule has 4 rings (SSSR count). The second kappa shape index (κ2) is 10.6. The van der Waals surface area contributed by atoms with Crippen LogP contribution in [-0.2, 0) is 11.3 Å². The minimum atomic E-state index is -0.328. The van der Waals surface area contributed by atoms with Gasteiger partial charge in [-0.25, -0.2) is 0 Å². The van der Waals surface area contributed by atoms with Crippen molar-refractivity contribution in [2.24, 2.45) is 0 Å². The molecule has 1 aliphatic rings. The molecule has 6 heteroatoms. The summed E-state index contributed by atoms with van der Waals surface area (Å²) < 4.78 is 7.38. The molecule has 1 heterocycles. The zero-order chi connectivity index (χ0) is 23.0. The van der Waals surface area contributed by atoms with Gasteiger partial charge in [-0.2, -0.15) is 10.4 Å². The van der Waals surface area contributed by atoms with Gasteiger partial charge < -0.3 is 10.1 Å². The van der Waals surface area contributed by atoms with E-state index in [1.165, 1.54) is 6.42 Å². The molecule has 0 spiro atoms. The zero-order valence-electron chi connectivity index (χ0n) is 18.8. The maximum Gasteiger partial charge on any atom is 0.262 e. The molecule has 1 aromatic heterocycles. The first-order valence-corrected chi connectivity index (χ1v) is 11.4. The van der Waals surface area contributed by atoms with Crippen molar-refractivity contribution in [2.75, 3.05) is 7.11 Å². The zero-order valence-corrected chi connectivity index (χ0v) is 18.8. The summed E-state index contributed by atoms with van der Waals surface area (Å²) in [5.74, 6) is 0.355. The Balaban J connectivity index is 1.70. The summed E-state index contributed by atoms with van der Waals surface area (Å²) in [6, 6.07) is 19.9. The number of amides is 1. The molecule has 0 saturated heterocycles. The molecule has 1 fully saturated rings. The second-order valence-corrected chi connectivity index (χ2v) is 8.29. The van der Waals surface area contributed by atoms with E-state index in [2.05, 4.69) is 11.4 Å². The number of rotatable bonds is 7. The number of nitriles is 1. The molecule has 2 aromatic carbocycles. The lowest BCUT2D eigenvalue weighted by Gasteiger charge is -2.22. The summed E-state index contributed by atoms with van der Waals surface area (Å²) in [4.78, 5) is 12.9. The Morgan fingerprint density at radius 3 is 2.61 bits per heavy atom. The van der Waals surface area contributed by atoms with Crippen LogP contribution in [0.3, 0.4) is 0 Å². The van der Waals surface area contributed by atoms with Gasteiger partial charge in [-0.3, -0.25) is 9.48 Å². The summed E-state index contributed by atoms with van der Waals surface area (Å²) in [7, 11) is 1.62. The molecule has 1 N–H and O–H groups in total. The van der Waals surface area contributed by atoms with Gasteiger partial charge in [-0.05, 0) is 36.6 Å². The number of nitrogens with zero attached hydrogens (tertiary/aromatic N) is 3. The number of benzene rings is 2. The average molecular weight is 441 g/mol. The molecule has 0 bridgehead atoms. The van der Waals surface area contributed by atoms with E-state index in [1.54, 1.807) is 13.2 Å². The van der Waals surface area contributed by atoms with Gasteiger partial charge in [0.05, 0.1) is 13.7 Å². The van der Waals surface area contributed by atoms with Crippen molar-refractivity contribution >= 4 is 12.0 Å². The highest BCUT2D eigenvalue weighted by atomic mass is 16.5. The fraction of sp³-hybridized carbons (Fsp3) is 0.296. The van der Waals surface area contributed by atoms with Crippen molar-refractivity contribution in [3.63, 3.8) is 0 Å². The molecule has 168 valence electrons. The Bertz CT molecular complexity index is 1170. The summed E-state index contributed by atoms with van der Waals surface area (Å²) >= 11 is 0. The second-order valence-electron chi connectivity index (χ2n) is 8.29. The van der Waals surface area contributed by atoms with Gasteiger partial charge in [-0.1, -0.05) is 61.7 Å². The third-order valence-corrected chi connectivity index (χ3v) is 5.94. The molecule has 0 atom stereocenters. The molecule has 3 aromatic rings. The predicted molar refractivity (Wildman–Crippen MR) is 128 cm³/mol. The van der Waals surface area contributed by atoms with E-state index in [9.17, 15) is 10.1 Å². The third-order valence-electron chi connectivity index (χ3n) is 5.94. The van der Waals surface area contributed by atoms with E-state index in [0.29, 0.717) is 23.6 Å². The van der Waals surface area contributed by atoms with Crippen LogP contribution in [0.15, 0.2) is 66.4 Å². The van der Waals surface area contributed by atoms with Crippen molar-refractivity contribution in [3.05, 3.63) is 77.5 Å². The summed E-state index contributed by atoms with van der Waals surface area (Å²) in [5.41, 5.74) is 3.36. The normalized spacial score (nSPS) is 14.5. The highest BCUT2D eigenvalue weighted by Crippen LogP contribution is 2.32. The SMILES string of the molecule is COc1ccccc1-c1nn(Cc2ccccc2)cc1/C=C(\C#N)C(=O)NC1CCCCC1. The predicted octanol–water partition coefficient (Wildman–Crippen LogP) is 4.96. The number of carbonyl (C=O) groups is 1. The maximum atomic E-state index is 12.9. The fourth-order valence-corrected chi connectivity index (χ4v) is 4.26. The van der Waals surface area contributed by atoms with E-state index in [1.807, 2.05) is 65.5 Å². The lowest BCUT2D eigenvalue weighted by Crippen LogP contribution is -2.36. The van der Waals surface area contributed by atoms with Gasteiger partial charge >= 0.3 is 0 Å². The smallest absolute Gasteiger partial charge is 0.262 e. The number of methoxy groups -OCH3 is 1. The Kier molecular flexibility index (Phi) is 7.21. The quantitative estimate of drug-likeness (QED) is 0.416. The summed E-state index contributed by atoms with van der Waals surface area (Å²) in [5, 5.41) is 17.6. The Morgan fingerprint density at radius 2 is 1.88 bits per heavy atom. The van der Waals surface area contributed by atoms with E-state index in [-0.39, 0.29) is 17.5 Å². The molecule has 0 unspecified atom stereocenters. The van der Waals surface area contributed by atoms with Crippen molar-refractivity contribution in [1.82, 2.24) is 15.1 Å². The molecule has 6 nitrogen and oxygen atoms in total. The first-order chi connectivity index (χ1) is 16.2. The van der Waals surface area contributed by atoms with Gasteiger partial charge in [0.1, 0.15) is 23.1 Å². The van der Waals surface area contributed by atoms with Gasteiger partial charge in [0, 0.05) is 23.4 Å². The summed E-state index contributed by atoms with van der Waals surface area (Å²) in [6.07, 6.45) is 8.87. The number of hydrogen-bond donors (Lipinski definition) is 1. The van der Waals surface area contributed by atoms with Crippen LogP contribution in [0.1, 0.15) is 43.2 Å². The van der Waals surface area contributed by atoms with Crippen LogP contribution in [0.4, 0.5) is 0 Å². The van der Waals surface area contributed by atoms with E-state index in [4.69, 9.17) is 9.84 Å². The Hall–Kier alpha value is -3.85. The largest absolute Gasteiger partial charge is 0.496 e. The van der Waals surface area contributed by atoms with Crippen molar-refractivity contribution in [1.29, 1.82) is 5.26 Å². The van der Waals surface area contributed by atoms with Crippen LogP contribution in [0, 0.1) is 11.3 Å². The highest BCUT2D eigenvalue weighted by molar-refractivity contribution is 6.02. The van der Waals surface area contributed by atoms with E-state index < -0.39 is 0 Å². The number of aromatic nitrogens is 2. The molecule has 1 amide bonds. The molecule has 1 saturated carbocycles. The number of ether oxygens (including phenoxy) is 1. The molecule has 0 aliphatic heterocycles. The Labute approximate surface area is 194 Å². The molecular weight excluding hydrogens is 412 g/mol. The topological polar surface area (TPSA) is 79.9 Å². The van der Waals surface area contributed by atoms with Crippen LogP contribution in [0.25, 0.3) is 17.3 Å². The van der Waals surface area contributed by atoms with Gasteiger partial charge in [0.25, 0.3) is 5.91 Å². The Morgan fingerprint density at radius 1 is 1.15 bits per heavy atom. The molecular formula is C27H28N4O2. The minimum absolute atomic E-state index is 0.0796. The highest BCUT2D eigenvalue weighted by Gasteiger charge is 2.20. The average Bonchev–Trinajstić information content (AvgIpc) is 3.25. The molecule has 1 aliphatic carbocycles. The monoisotopic (exact) mass is 440 g/mol. The summed E-state index contributed by atoms with van der Waals surface area (Å²) in [6.45, 7) is 0.576. The first kappa shape index (κ1) is 22.3. The van der Waals surface area contributed by atoms with Gasteiger partial charge in [0.15, 0.2) is 0 Å². The van der Waals surface area contributed by atoms with E-state index in [0.717, 1.165) is 36.8 Å². The third kappa shape index (κ3) is 5.50. The lowest BCUT2D eigenvalue weighted by molar-refractivity contribution is -0.117. The van der Waals surface area contributed by atoms with Crippen molar-refractivity contribution < 1.29 is 9.53 Å². The first-order valence-electron chi connectivity index (χ1n) is 11.4.